The smallest absolute Gasteiger partial charge is 0.271 e. The third kappa shape index (κ3) is 5.95. The molecular formula is C19H18N4O5S5. The summed E-state index contributed by atoms with van der Waals surface area (Å²) in [4.78, 5) is 12.7. The van der Waals surface area contributed by atoms with Crippen LogP contribution in [0.15, 0.2) is 66.7 Å². The van der Waals surface area contributed by atoms with Crippen LogP contribution in [0.1, 0.15) is 16.8 Å². The van der Waals surface area contributed by atoms with Crippen molar-refractivity contribution in [1.82, 2.24) is 5.43 Å². The Kier molecular flexibility index (Phi) is 7.09. The Morgan fingerprint density at radius 2 is 1.45 bits per heavy atom. The lowest BCUT2D eigenvalue weighted by Crippen LogP contribution is -2.21. The lowest BCUT2D eigenvalue weighted by atomic mass is 10.1. The van der Waals surface area contributed by atoms with Crippen LogP contribution >= 0.6 is 34.4 Å². The fraction of sp³-hybridized carbons (Fsp3) is 0.158. The molecule has 174 valence electrons. The summed E-state index contributed by atoms with van der Waals surface area (Å²) in [5, 5.41) is 7.36. The Morgan fingerprint density at radius 1 is 0.879 bits per heavy atom. The first-order valence-electron chi connectivity index (χ1n) is 9.44. The van der Waals surface area contributed by atoms with Gasteiger partial charge in [-0.15, -0.1) is 22.7 Å². The van der Waals surface area contributed by atoms with Crippen molar-refractivity contribution < 1.29 is 21.6 Å². The number of hydrazone groups is 1. The van der Waals surface area contributed by atoms with E-state index in [0.29, 0.717) is 0 Å². The number of anilines is 2. The Hall–Kier alpha value is -2.39. The number of hydrogen-bond donors (Lipinski definition) is 3. The van der Waals surface area contributed by atoms with Gasteiger partial charge in [-0.1, -0.05) is 12.1 Å². The molecule has 33 heavy (non-hydrogen) atoms. The van der Waals surface area contributed by atoms with E-state index in [2.05, 4.69) is 20.0 Å². The summed E-state index contributed by atoms with van der Waals surface area (Å²) in [6.45, 7) is 0. The maximum atomic E-state index is 12.7. The molecule has 3 heterocycles. The first-order valence-corrected chi connectivity index (χ1v) is 15.3. The number of carbonyl (C=O) groups is 1. The summed E-state index contributed by atoms with van der Waals surface area (Å²) in [5.41, 5.74) is 3.41. The molecule has 0 unspecified atom stereocenters. The number of carbonyl (C=O) groups excluding carboxylic acids is 1. The van der Waals surface area contributed by atoms with E-state index in [1.54, 1.807) is 34.7 Å². The predicted octanol–water partition coefficient (Wildman–Crippen LogP) is 3.63. The van der Waals surface area contributed by atoms with E-state index in [0.717, 1.165) is 46.3 Å². The molecule has 0 saturated carbocycles. The Bertz CT molecular complexity index is 1290. The second-order valence-electron chi connectivity index (χ2n) is 6.80. The van der Waals surface area contributed by atoms with E-state index in [4.69, 9.17) is 0 Å². The highest BCUT2D eigenvalue weighted by Crippen LogP contribution is 2.27. The van der Waals surface area contributed by atoms with Gasteiger partial charge in [0.25, 0.3) is 26.0 Å². The van der Waals surface area contributed by atoms with Crippen molar-refractivity contribution in [3.05, 3.63) is 58.8 Å². The second kappa shape index (κ2) is 9.85. The van der Waals surface area contributed by atoms with Crippen LogP contribution in [0.2, 0.25) is 0 Å². The van der Waals surface area contributed by atoms with Gasteiger partial charge in [-0.05, 0) is 53.3 Å². The molecule has 0 bridgehead atoms. The molecule has 1 fully saturated rings. The third-order valence-corrected chi connectivity index (χ3v) is 10.9. The second-order valence-corrected chi connectivity index (χ2v) is 13.6. The minimum atomic E-state index is -3.91. The SMILES string of the molecule is O=C(N/N=C1\CCSC1)c1cc(NS(=O)(=O)c2cccs2)cc(NS(=O)(=O)c2cccs2)c1. The van der Waals surface area contributed by atoms with Gasteiger partial charge in [-0.2, -0.15) is 16.9 Å². The Balaban J connectivity index is 1.66. The maximum absolute atomic E-state index is 12.7. The number of thioether (sulfide) groups is 1. The fourth-order valence-corrected chi connectivity index (χ4v) is 7.89. The molecule has 9 nitrogen and oxygen atoms in total. The molecule has 14 heteroatoms. The molecule has 1 aromatic carbocycles. The van der Waals surface area contributed by atoms with Crippen molar-refractivity contribution in [2.24, 2.45) is 5.10 Å². The average Bonchev–Trinajstić information content (AvgIpc) is 3.54. The largest absolute Gasteiger partial charge is 0.279 e. The van der Waals surface area contributed by atoms with E-state index >= 15 is 0 Å². The van der Waals surface area contributed by atoms with Gasteiger partial charge in [-0.3, -0.25) is 14.2 Å². The van der Waals surface area contributed by atoms with Crippen molar-refractivity contribution in [1.29, 1.82) is 0 Å². The summed E-state index contributed by atoms with van der Waals surface area (Å²) < 4.78 is 55.6. The summed E-state index contributed by atoms with van der Waals surface area (Å²) in [6.07, 6.45) is 0.775. The molecule has 1 saturated heterocycles. The molecule has 3 N–H and O–H groups in total. The Morgan fingerprint density at radius 3 is 1.91 bits per heavy atom. The van der Waals surface area contributed by atoms with E-state index in [-0.39, 0.29) is 25.4 Å². The zero-order valence-electron chi connectivity index (χ0n) is 16.8. The molecular weight excluding hydrogens is 525 g/mol. The van der Waals surface area contributed by atoms with Gasteiger partial charge in [0.15, 0.2) is 0 Å². The van der Waals surface area contributed by atoms with Gasteiger partial charge in [-0.25, -0.2) is 22.3 Å². The van der Waals surface area contributed by atoms with Crippen molar-refractivity contribution in [2.45, 2.75) is 14.8 Å². The minimum absolute atomic E-state index is 0.0315. The van der Waals surface area contributed by atoms with Gasteiger partial charge in [0.2, 0.25) is 0 Å². The van der Waals surface area contributed by atoms with Gasteiger partial charge >= 0.3 is 0 Å². The minimum Gasteiger partial charge on any atom is -0.279 e. The van der Waals surface area contributed by atoms with Crippen LogP contribution in [-0.2, 0) is 20.0 Å². The number of benzene rings is 1. The fourth-order valence-electron chi connectivity index (χ4n) is 2.85. The normalized spacial score (nSPS) is 15.5. The highest BCUT2D eigenvalue weighted by molar-refractivity contribution is 8.00. The average molecular weight is 543 g/mol. The molecule has 4 rings (SSSR count). The standard InChI is InChI=1S/C19H18N4O5S5/c24-19(21-20-14-5-8-29-12-14)13-9-15(22-32(25,26)17-3-1-6-30-17)11-16(10-13)23-33(27,28)18-4-2-7-31-18/h1-4,6-7,9-11,22-23H,5,8,12H2,(H,21,24)/b20-14+. The summed E-state index contributed by atoms with van der Waals surface area (Å²) in [6, 6.07) is 10.1. The lowest BCUT2D eigenvalue weighted by molar-refractivity contribution is 0.0954. The number of nitrogens with zero attached hydrogens (tertiary/aromatic N) is 1. The topological polar surface area (TPSA) is 134 Å². The first kappa shape index (κ1) is 23.8. The number of thiophene rings is 2. The molecule has 3 aromatic rings. The van der Waals surface area contributed by atoms with Crippen LogP contribution in [0.5, 0.6) is 0 Å². The number of rotatable bonds is 8. The number of nitrogens with one attached hydrogen (secondary N) is 3. The lowest BCUT2D eigenvalue weighted by Gasteiger charge is -2.13. The molecule has 0 aliphatic carbocycles. The van der Waals surface area contributed by atoms with Crippen molar-refractivity contribution in [2.75, 3.05) is 20.9 Å². The monoisotopic (exact) mass is 542 g/mol. The van der Waals surface area contributed by atoms with Gasteiger partial charge in [0.1, 0.15) is 8.42 Å². The molecule has 2 aromatic heterocycles. The Labute approximate surface area is 203 Å². The van der Waals surface area contributed by atoms with Crippen LogP contribution in [-0.4, -0.2) is 40.0 Å². The van der Waals surface area contributed by atoms with Crippen LogP contribution in [0.4, 0.5) is 11.4 Å². The van der Waals surface area contributed by atoms with Crippen LogP contribution in [0, 0.1) is 0 Å². The highest BCUT2D eigenvalue weighted by Gasteiger charge is 2.20. The first-order chi connectivity index (χ1) is 15.7. The predicted molar refractivity (Wildman–Crippen MR) is 134 cm³/mol. The van der Waals surface area contributed by atoms with Crippen LogP contribution in [0.3, 0.4) is 0 Å². The highest BCUT2D eigenvalue weighted by atomic mass is 32.3. The van der Waals surface area contributed by atoms with Gasteiger partial charge in [0, 0.05) is 17.0 Å². The van der Waals surface area contributed by atoms with E-state index in [1.165, 1.54) is 30.3 Å². The van der Waals surface area contributed by atoms with E-state index in [1.807, 2.05) is 0 Å². The third-order valence-electron chi connectivity index (χ3n) is 4.34. The molecule has 0 spiro atoms. The quantitative estimate of drug-likeness (QED) is 0.372. The van der Waals surface area contributed by atoms with Gasteiger partial charge < -0.3 is 0 Å². The molecule has 1 amide bonds. The molecule has 0 radical (unpaired) electrons. The number of amides is 1. The van der Waals surface area contributed by atoms with E-state index in [9.17, 15) is 21.6 Å². The van der Waals surface area contributed by atoms with Crippen LogP contribution < -0.4 is 14.9 Å². The van der Waals surface area contributed by atoms with Gasteiger partial charge in [0.05, 0.1) is 11.4 Å². The zero-order valence-corrected chi connectivity index (χ0v) is 20.9. The summed E-state index contributed by atoms with van der Waals surface area (Å²) in [7, 11) is -7.82. The van der Waals surface area contributed by atoms with Crippen LogP contribution in [0.25, 0.3) is 0 Å². The van der Waals surface area contributed by atoms with Crippen molar-refractivity contribution >= 4 is 77.5 Å². The van der Waals surface area contributed by atoms with Crippen molar-refractivity contribution in [3.63, 3.8) is 0 Å². The summed E-state index contributed by atoms with van der Waals surface area (Å²) in [5.74, 6) is 1.07. The number of sulfonamides is 2. The molecule has 1 aliphatic heterocycles. The maximum Gasteiger partial charge on any atom is 0.271 e. The summed E-state index contributed by atoms with van der Waals surface area (Å²) >= 11 is 3.78. The molecule has 0 atom stereocenters. The zero-order chi connectivity index (χ0) is 23.5. The molecule has 1 aliphatic rings. The van der Waals surface area contributed by atoms with E-state index < -0.39 is 26.0 Å². The van der Waals surface area contributed by atoms with Crippen molar-refractivity contribution in [3.8, 4) is 0 Å². The number of hydrogen-bond acceptors (Lipinski definition) is 9.